The second kappa shape index (κ2) is 4.18. The van der Waals surface area contributed by atoms with Crippen LogP contribution < -0.4 is 11.3 Å². The average Bonchev–Trinajstić information content (AvgIpc) is 2.70. The predicted octanol–water partition coefficient (Wildman–Crippen LogP) is 1.20. The number of nitrogens with two attached hydrogens (primary N) is 1. The monoisotopic (exact) mass is 232 g/mol. The molecule has 0 bridgehead atoms. The fourth-order valence-corrected chi connectivity index (χ4v) is 1.84. The Morgan fingerprint density at radius 1 is 1.41 bits per heavy atom. The number of aryl methyl sites for hydroxylation is 2. The minimum absolute atomic E-state index is 0.234. The quantitative estimate of drug-likeness (QED) is 0.464. The second-order valence-electron chi connectivity index (χ2n) is 4.26. The van der Waals surface area contributed by atoms with Gasteiger partial charge in [0.25, 0.3) is 5.91 Å². The Balaban J connectivity index is 2.56. The molecule has 2 rings (SSSR count). The zero-order valence-corrected chi connectivity index (χ0v) is 10.2. The van der Waals surface area contributed by atoms with Crippen molar-refractivity contribution in [2.45, 2.75) is 26.8 Å². The van der Waals surface area contributed by atoms with Gasteiger partial charge in [0.1, 0.15) is 6.04 Å². The molecular weight excluding hydrogens is 216 g/mol. The summed E-state index contributed by atoms with van der Waals surface area (Å²) in [7, 11) is 0. The van der Waals surface area contributed by atoms with Gasteiger partial charge in [-0.25, -0.2) is 10.8 Å². The molecule has 1 amide bonds. The summed E-state index contributed by atoms with van der Waals surface area (Å²) in [6.07, 6.45) is 1.67. The summed E-state index contributed by atoms with van der Waals surface area (Å²) in [5.41, 5.74) is 6.37. The van der Waals surface area contributed by atoms with Gasteiger partial charge in [0.05, 0.1) is 17.4 Å². The lowest BCUT2D eigenvalue weighted by molar-refractivity contribution is -0.123. The van der Waals surface area contributed by atoms with Gasteiger partial charge >= 0.3 is 0 Å². The number of fused-ring (bicyclic) bond motifs is 1. The predicted molar refractivity (Wildman–Crippen MR) is 66.2 cm³/mol. The Labute approximate surface area is 99.6 Å². The largest absolute Gasteiger partial charge is 0.318 e. The number of rotatable bonds is 2. The van der Waals surface area contributed by atoms with Crippen LogP contribution in [0.15, 0.2) is 18.5 Å². The van der Waals surface area contributed by atoms with E-state index in [2.05, 4.69) is 10.4 Å². The Hall–Kier alpha value is -1.88. The van der Waals surface area contributed by atoms with Crippen LogP contribution in [0.5, 0.6) is 0 Å². The molecule has 0 aliphatic heterocycles. The van der Waals surface area contributed by atoms with Gasteiger partial charge in [-0.05, 0) is 44.0 Å². The number of amides is 1. The van der Waals surface area contributed by atoms with Crippen LogP contribution in [-0.2, 0) is 4.79 Å². The summed E-state index contributed by atoms with van der Waals surface area (Å²) in [5.74, 6) is 4.91. The van der Waals surface area contributed by atoms with E-state index in [0.29, 0.717) is 0 Å². The van der Waals surface area contributed by atoms with Crippen LogP contribution in [0.4, 0.5) is 0 Å². The van der Waals surface area contributed by atoms with Crippen LogP contribution in [0.2, 0.25) is 0 Å². The maximum atomic E-state index is 11.5. The number of aromatic nitrogens is 2. The number of carbonyl (C=O) groups excluding carboxylic acids is 1. The molecule has 5 heteroatoms. The molecule has 3 N–H and O–H groups in total. The zero-order valence-electron chi connectivity index (χ0n) is 10.2. The minimum atomic E-state index is -0.368. The van der Waals surface area contributed by atoms with Gasteiger partial charge in [-0.15, -0.1) is 0 Å². The SMILES string of the molecule is Cc1cc2ncn(C(C)C(=O)NN)c2cc1C. The van der Waals surface area contributed by atoms with Crippen molar-refractivity contribution < 1.29 is 4.79 Å². The van der Waals surface area contributed by atoms with E-state index >= 15 is 0 Å². The fourth-order valence-electron chi connectivity index (χ4n) is 1.84. The normalized spacial score (nSPS) is 12.7. The van der Waals surface area contributed by atoms with Crippen molar-refractivity contribution in [2.75, 3.05) is 0 Å². The number of imidazole rings is 1. The van der Waals surface area contributed by atoms with Crippen molar-refractivity contribution in [1.29, 1.82) is 0 Å². The molecule has 1 aromatic heterocycles. The van der Waals surface area contributed by atoms with Gasteiger partial charge in [0, 0.05) is 0 Å². The molecule has 1 aromatic carbocycles. The van der Waals surface area contributed by atoms with Gasteiger partial charge in [-0.3, -0.25) is 10.2 Å². The van der Waals surface area contributed by atoms with Crippen molar-refractivity contribution >= 4 is 16.9 Å². The van der Waals surface area contributed by atoms with Crippen LogP contribution >= 0.6 is 0 Å². The smallest absolute Gasteiger partial charge is 0.256 e. The number of carbonyl (C=O) groups is 1. The number of nitrogens with zero attached hydrogens (tertiary/aromatic N) is 2. The molecule has 0 aliphatic carbocycles. The maximum Gasteiger partial charge on any atom is 0.256 e. The summed E-state index contributed by atoms with van der Waals surface area (Å²) < 4.78 is 1.82. The lowest BCUT2D eigenvalue weighted by atomic mass is 10.1. The third-order valence-electron chi connectivity index (χ3n) is 3.13. The number of hydrogen-bond donors (Lipinski definition) is 2. The van der Waals surface area contributed by atoms with Gasteiger partial charge < -0.3 is 4.57 Å². The molecule has 0 fully saturated rings. The number of hydrogen-bond acceptors (Lipinski definition) is 3. The molecule has 0 radical (unpaired) electrons. The topological polar surface area (TPSA) is 72.9 Å². The van der Waals surface area contributed by atoms with Gasteiger partial charge in [-0.2, -0.15) is 0 Å². The summed E-state index contributed by atoms with van der Waals surface area (Å²) in [4.78, 5) is 15.8. The van der Waals surface area contributed by atoms with Crippen LogP contribution in [0.25, 0.3) is 11.0 Å². The Kier molecular flexibility index (Phi) is 2.85. The molecule has 1 unspecified atom stereocenters. The first kappa shape index (κ1) is 11.6. The Morgan fingerprint density at radius 3 is 2.71 bits per heavy atom. The van der Waals surface area contributed by atoms with E-state index in [1.54, 1.807) is 13.3 Å². The highest BCUT2D eigenvalue weighted by molar-refractivity contribution is 5.83. The molecule has 0 saturated carbocycles. The molecule has 5 nitrogen and oxygen atoms in total. The zero-order chi connectivity index (χ0) is 12.6. The number of nitrogens with one attached hydrogen (secondary N) is 1. The standard InChI is InChI=1S/C12H16N4O/c1-7-4-10-11(5-8(7)2)16(6-14-10)9(3)12(17)15-13/h4-6,9H,13H2,1-3H3,(H,15,17). The highest BCUT2D eigenvalue weighted by Gasteiger charge is 2.16. The highest BCUT2D eigenvalue weighted by atomic mass is 16.2. The third kappa shape index (κ3) is 1.89. The van der Waals surface area contributed by atoms with Crippen LogP contribution in [-0.4, -0.2) is 15.5 Å². The number of hydrazine groups is 1. The van der Waals surface area contributed by atoms with E-state index in [0.717, 1.165) is 11.0 Å². The van der Waals surface area contributed by atoms with E-state index in [-0.39, 0.29) is 11.9 Å². The average molecular weight is 232 g/mol. The van der Waals surface area contributed by atoms with E-state index in [1.807, 2.05) is 30.5 Å². The molecular formula is C12H16N4O. The van der Waals surface area contributed by atoms with Crippen LogP contribution in [0.3, 0.4) is 0 Å². The molecule has 0 spiro atoms. The third-order valence-corrected chi connectivity index (χ3v) is 3.13. The molecule has 2 aromatic rings. The van der Waals surface area contributed by atoms with Gasteiger partial charge in [0.2, 0.25) is 0 Å². The van der Waals surface area contributed by atoms with Crippen molar-refractivity contribution in [2.24, 2.45) is 5.84 Å². The molecule has 1 atom stereocenters. The Morgan fingerprint density at radius 2 is 2.06 bits per heavy atom. The van der Waals surface area contributed by atoms with Crippen molar-refractivity contribution in [3.05, 3.63) is 29.6 Å². The van der Waals surface area contributed by atoms with E-state index in [9.17, 15) is 4.79 Å². The lowest BCUT2D eigenvalue weighted by Gasteiger charge is -2.12. The lowest BCUT2D eigenvalue weighted by Crippen LogP contribution is -2.35. The first-order chi connectivity index (χ1) is 8.04. The molecule has 1 heterocycles. The van der Waals surface area contributed by atoms with Crippen molar-refractivity contribution in [1.82, 2.24) is 15.0 Å². The summed E-state index contributed by atoms with van der Waals surface area (Å²) in [6.45, 7) is 5.88. The maximum absolute atomic E-state index is 11.5. The molecule has 90 valence electrons. The summed E-state index contributed by atoms with van der Waals surface area (Å²) >= 11 is 0. The molecule has 17 heavy (non-hydrogen) atoms. The minimum Gasteiger partial charge on any atom is -0.318 e. The number of benzene rings is 1. The molecule has 0 saturated heterocycles. The van der Waals surface area contributed by atoms with Gasteiger partial charge in [0.15, 0.2) is 0 Å². The summed E-state index contributed by atoms with van der Waals surface area (Å²) in [6, 6.07) is 3.69. The first-order valence-electron chi connectivity index (χ1n) is 5.49. The molecule has 0 aliphatic rings. The highest BCUT2D eigenvalue weighted by Crippen LogP contribution is 2.21. The van der Waals surface area contributed by atoms with E-state index in [4.69, 9.17) is 5.84 Å². The second-order valence-corrected chi connectivity index (χ2v) is 4.26. The first-order valence-corrected chi connectivity index (χ1v) is 5.49. The fraction of sp³-hybridized carbons (Fsp3) is 0.333. The summed E-state index contributed by atoms with van der Waals surface area (Å²) in [5, 5.41) is 0. The van der Waals surface area contributed by atoms with Crippen molar-refractivity contribution in [3.63, 3.8) is 0 Å². The van der Waals surface area contributed by atoms with Gasteiger partial charge in [-0.1, -0.05) is 0 Å². The van der Waals surface area contributed by atoms with E-state index < -0.39 is 0 Å². The van der Waals surface area contributed by atoms with E-state index in [1.165, 1.54) is 11.1 Å². The Bertz CT molecular complexity index is 573. The van der Waals surface area contributed by atoms with Crippen molar-refractivity contribution in [3.8, 4) is 0 Å². The van der Waals surface area contributed by atoms with Crippen LogP contribution in [0.1, 0.15) is 24.1 Å². The van der Waals surface area contributed by atoms with Crippen LogP contribution in [0, 0.1) is 13.8 Å².